The number of hydrogen-bond donors (Lipinski definition) is 1. The molecule has 0 radical (unpaired) electrons. The summed E-state index contributed by atoms with van der Waals surface area (Å²) >= 11 is 0. The van der Waals surface area contributed by atoms with Crippen molar-refractivity contribution >= 4 is 12.4 Å². The Hall–Kier alpha value is -0.710. The molecule has 1 heterocycles. The first kappa shape index (κ1) is 17.6. The molecule has 1 aliphatic carbocycles. The molecule has 1 aliphatic heterocycles. The van der Waals surface area contributed by atoms with Gasteiger partial charge in [0.05, 0.1) is 0 Å². The molecule has 1 aromatic carbocycles. The zero-order valence-corrected chi connectivity index (χ0v) is 13.7. The van der Waals surface area contributed by atoms with Gasteiger partial charge in [-0.2, -0.15) is 0 Å². The largest absolute Gasteiger partial charge is 0.314 e. The van der Waals surface area contributed by atoms with Crippen LogP contribution in [0.1, 0.15) is 43.7 Å². The summed E-state index contributed by atoms with van der Waals surface area (Å²) < 4.78 is 28.0. The van der Waals surface area contributed by atoms with Crippen LogP contribution < -0.4 is 5.32 Å². The predicted molar refractivity (Wildman–Crippen MR) is 87.4 cm³/mol. The van der Waals surface area contributed by atoms with Gasteiger partial charge in [0, 0.05) is 37.8 Å². The number of hydrogen-bond acceptors (Lipinski definition) is 2. The van der Waals surface area contributed by atoms with Crippen LogP contribution in [0, 0.1) is 17.6 Å². The molecule has 5 heteroatoms. The Balaban J connectivity index is 0.00000176. The molecule has 1 atom stereocenters. The summed E-state index contributed by atoms with van der Waals surface area (Å²) in [5.41, 5.74) is 0.559. The molecule has 1 aromatic rings. The van der Waals surface area contributed by atoms with Gasteiger partial charge in [0.1, 0.15) is 11.6 Å². The third-order valence-corrected chi connectivity index (χ3v) is 4.92. The second kappa shape index (κ2) is 8.23. The Labute approximate surface area is 137 Å². The normalized spacial score (nSPS) is 22.1. The molecule has 2 nitrogen and oxygen atoms in total. The topological polar surface area (TPSA) is 15.3 Å². The van der Waals surface area contributed by atoms with Gasteiger partial charge in [0.2, 0.25) is 0 Å². The van der Waals surface area contributed by atoms with Crippen LogP contribution in [-0.2, 0) is 0 Å². The summed E-state index contributed by atoms with van der Waals surface area (Å²) in [6.45, 7) is 3.69. The van der Waals surface area contributed by atoms with Gasteiger partial charge in [-0.05, 0) is 37.0 Å². The van der Waals surface area contributed by atoms with Gasteiger partial charge in [0.25, 0.3) is 0 Å². The second-order valence-electron chi connectivity index (χ2n) is 6.29. The number of rotatable bonds is 3. The van der Waals surface area contributed by atoms with Crippen molar-refractivity contribution in [3.05, 3.63) is 35.4 Å². The van der Waals surface area contributed by atoms with Crippen LogP contribution in [0.25, 0.3) is 0 Å². The molecule has 22 heavy (non-hydrogen) atoms. The molecule has 2 aliphatic rings. The molecule has 0 aromatic heterocycles. The van der Waals surface area contributed by atoms with Gasteiger partial charge in [-0.25, -0.2) is 8.78 Å². The fourth-order valence-corrected chi connectivity index (χ4v) is 3.90. The van der Waals surface area contributed by atoms with E-state index < -0.39 is 0 Å². The van der Waals surface area contributed by atoms with Crippen molar-refractivity contribution < 1.29 is 8.78 Å². The summed E-state index contributed by atoms with van der Waals surface area (Å²) in [4.78, 5) is 2.35. The van der Waals surface area contributed by atoms with Gasteiger partial charge < -0.3 is 5.32 Å². The third-order valence-electron chi connectivity index (χ3n) is 4.92. The van der Waals surface area contributed by atoms with Crippen molar-refractivity contribution in [1.82, 2.24) is 10.2 Å². The minimum absolute atomic E-state index is 0. The van der Waals surface area contributed by atoms with Crippen molar-refractivity contribution in [2.45, 2.75) is 38.1 Å². The minimum atomic E-state index is -0.331. The predicted octanol–water partition coefficient (Wildman–Crippen LogP) is 3.91. The molecule has 0 bridgehead atoms. The molecular formula is C17H25ClF2N2. The summed E-state index contributed by atoms with van der Waals surface area (Å²) in [6, 6.07) is 3.94. The lowest BCUT2D eigenvalue weighted by Crippen LogP contribution is -2.47. The van der Waals surface area contributed by atoms with Gasteiger partial charge in [-0.1, -0.05) is 19.3 Å². The summed E-state index contributed by atoms with van der Waals surface area (Å²) in [6.07, 6.45) is 5.96. The SMILES string of the molecule is Cl.Fc1ccc(F)c([C@@H](C2CCCCC2)N2CCNCC2)c1. The van der Waals surface area contributed by atoms with Gasteiger partial charge in [-0.3, -0.25) is 4.90 Å². The van der Waals surface area contributed by atoms with Crippen LogP contribution in [0.3, 0.4) is 0 Å². The van der Waals surface area contributed by atoms with Crippen LogP contribution in [0.4, 0.5) is 8.78 Å². The van der Waals surface area contributed by atoms with Gasteiger partial charge >= 0.3 is 0 Å². The highest BCUT2D eigenvalue weighted by Crippen LogP contribution is 2.39. The number of nitrogens with one attached hydrogen (secondary N) is 1. The summed E-state index contributed by atoms with van der Waals surface area (Å²) in [5.74, 6) is -0.138. The lowest BCUT2D eigenvalue weighted by atomic mass is 9.80. The van der Waals surface area contributed by atoms with E-state index >= 15 is 0 Å². The van der Waals surface area contributed by atoms with Crippen LogP contribution in [0.2, 0.25) is 0 Å². The number of halogens is 3. The maximum absolute atomic E-state index is 14.3. The first-order valence-electron chi connectivity index (χ1n) is 8.15. The molecule has 0 spiro atoms. The first-order valence-corrected chi connectivity index (χ1v) is 8.15. The molecule has 3 rings (SSSR count). The Bertz CT molecular complexity index is 454. The lowest BCUT2D eigenvalue weighted by Gasteiger charge is -2.41. The average molecular weight is 331 g/mol. The molecule has 1 N–H and O–H groups in total. The Morgan fingerprint density at radius 2 is 1.73 bits per heavy atom. The second-order valence-corrected chi connectivity index (χ2v) is 6.29. The van der Waals surface area contributed by atoms with Crippen molar-refractivity contribution in [3.8, 4) is 0 Å². The van der Waals surface area contributed by atoms with E-state index in [1.54, 1.807) is 0 Å². The fourth-order valence-electron chi connectivity index (χ4n) is 3.90. The van der Waals surface area contributed by atoms with Crippen molar-refractivity contribution in [3.63, 3.8) is 0 Å². The average Bonchev–Trinajstić information content (AvgIpc) is 2.53. The molecular weight excluding hydrogens is 306 g/mol. The standard InChI is InChI=1S/C17H24F2N2.ClH/c18-14-6-7-16(19)15(12-14)17(13-4-2-1-3-5-13)21-10-8-20-9-11-21;/h6-7,12-13,17,20H,1-5,8-11H2;1H/t17-;/m1./s1. The van der Waals surface area contributed by atoms with E-state index in [4.69, 9.17) is 0 Å². The first-order chi connectivity index (χ1) is 10.3. The van der Waals surface area contributed by atoms with Crippen LogP contribution in [0.5, 0.6) is 0 Å². The molecule has 0 amide bonds. The number of benzene rings is 1. The van der Waals surface area contributed by atoms with Gasteiger partial charge in [0.15, 0.2) is 0 Å². The molecule has 0 unspecified atom stereocenters. The summed E-state index contributed by atoms with van der Waals surface area (Å²) in [5, 5.41) is 3.34. The highest BCUT2D eigenvalue weighted by molar-refractivity contribution is 5.85. The third kappa shape index (κ3) is 3.98. The van der Waals surface area contributed by atoms with E-state index in [1.165, 1.54) is 37.5 Å². The van der Waals surface area contributed by atoms with Crippen molar-refractivity contribution in [2.24, 2.45) is 5.92 Å². The summed E-state index contributed by atoms with van der Waals surface area (Å²) in [7, 11) is 0. The Morgan fingerprint density at radius 3 is 2.41 bits per heavy atom. The maximum Gasteiger partial charge on any atom is 0.128 e. The quantitative estimate of drug-likeness (QED) is 0.904. The highest BCUT2D eigenvalue weighted by atomic mass is 35.5. The van der Waals surface area contributed by atoms with Crippen LogP contribution >= 0.6 is 12.4 Å². The zero-order chi connectivity index (χ0) is 14.7. The van der Waals surface area contributed by atoms with E-state index in [-0.39, 0.29) is 30.1 Å². The van der Waals surface area contributed by atoms with E-state index in [2.05, 4.69) is 10.2 Å². The zero-order valence-electron chi connectivity index (χ0n) is 12.9. The number of piperazine rings is 1. The highest BCUT2D eigenvalue weighted by Gasteiger charge is 2.32. The van der Waals surface area contributed by atoms with E-state index in [1.807, 2.05) is 0 Å². The Kier molecular flexibility index (Phi) is 6.60. The molecule has 1 saturated heterocycles. The van der Waals surface area contributed by atoms with E-state index in [0.29, 0.717) is 11.5 Å². The van der Waals surface area contributed by atoms with E-state index in [0.717, 1.165) is 39.0 Å². The maximum atomic E-state index is 14.3. The molecule has 1 saturated carbocycles. The Morgan fingerprint density at radius 1 is 1.05 bits per heavy atom. The molecule has 124 valence electrons. The lowest BCUT2D eigenvalue weighted by molar-refractivity contribution is 0.100. The van der Waals surface area contributed by atoms with Crippen LogP contribution in [0.15, 0.2) is 18.2 Å². The van der Waals surface area contributed by atoms with E-state index in [9.17, 15) is 8.78 Å². The monoisotopic (exact) mass is 330 g/mol. The fraction of sp³-hybridized carbons (Fsp3) is 0.647. The van der Waals surface area contributed by atoms with Crippen molar-refractivity contribution in [1.29, 1.82) is 0 Å². The smallest absolute Gasteiger partial charge is 0.128 e. The van der Waals surface area contributed by atoms with Crippen LogP contribution in [-0.4, -0.2) is 31.1 Å². The molecule has 2 fully saturated rings. The minimum Gasteiger partial charge on any atom is -0.314 e. The van der Waals surface area contributed by atoms with Gasteiger partial charge in [-0.15, -0.1) is 12.4 Å². The number of nitrogens with zero attached hydrogens (tertiary/aromatic N) is 1. The van der Waals surface area contributed by atoms with Crippen molar-refractivity contribution in [2.75, 3.05) is 26.2 Å².